The van der Waals surface area contributed by atoms with Gasteiger partial charge in [-0.3, -0.25) is 9.69 Å². The van der Waals surface area contributed by atoms with Crippen molar-refractivity contribution in [2.24, 2.45) is 5.41 Å². The molecule has 4 nitrogen and oxygen atoms in total. The molecule has 20 heavy (non-hydrogen) atoms. The third-order valence-corrected chi connectivity index (χ3v) is 5.61. The number of piperazine rings is 1. The number of nitrogens with one attached hydrogen (secondary N) is 1. The van der Waals surface area contributed by atoms with Crippen LogP contribution in [0.2, 0.25) is 0 Å². The van der Waals surface area contributed by atoms with Gasteiger partial charge < -0.3 is 10.2 Å². The van der Waals surface area contributed by atoms with Crippen LogP contribution in [0.4, 0.5) is 0 Å². The molecule has 1 aliphatic carbocycles. The van der Waals surface area contributed by atoms with Gasteiger partial charge in [0, 0.05) is 50.7 Å². The van der Waals surface area contributed by atoms with Crippen molar-refractivity contribution in [2.75, 3.05) is 39.3 Å². The Labute approximate surface area is 122 Å². The van der Waals surface area contributed by atoms with Crippen LogP contribution in [0.5, 0.6) is 0 Å². The second-order valence-corrected chi connectivity index (χ2v) is 6.86. The van der Waals surface area contributed by atoms with Crippen molar-refractivity contribution in [2.45, 2.75) is 51.5 Å². The molecule has 3 fully saturated rings. The van der Waals surface area contributed by atoms with E-state index < -0.39 is 0 Å². The van der Waals surface area contributed by atoms with Crippen molar-refractivity contribution in [1.82, 2.24) is 15.1 Å². The van der Waals surface area contributed by atoms with Crippen LogP contribution in [-0.2, 0) is 4.79 Å². The summed E-state index contributed by atoms with van der Waals surface area (Å²) in [5.74, 6) is 0.475. The highest BCUT2D eigenvalue weighted by molar-refractivity contribution is 5.84. The Bertz CT molecular complexity index is 348. The van der Waals surface area contributed by atoms with E-state index in [-0.39, 0.29) is 5.41 Å². The Hall–Kier alpha value is -0.610. The zero-order valence-corrected chi connectivity index (χ0v) is 12.9. The Morgan fingerprint density at radius 2 is 2.00 bits per heavy atom. The summed E-state index contributed by atoms with van der Waals surface area (Å²) in [6, 6.07) is 0.611. The van der Waals surface area contributed by atoms with E-state index in [1.807, 2.05) is 0 Å². The molecule has 0 aromatic rings. The summed E-state index contributed by atoms with van der Waals surface area (Å²) in [6.07, 6.45) is 6.93. The van der Waals surface area contributed by atoms with Gasteiger partial charge in [0.2, 0.25) is 5.91 Å². The molecule has 0 bridgehead atoms. The summed E-state index contributed by atoms with van der Waals surface area (Å²) < 4.78 is 0. The van der Waals surface area contributed by atoms with Crippen LogP contribution in [0, 0.1) is 5.41 Å². The van der Waals surface area contributed by atoms with E-state index in [0.717, 1.165) is 65.0 Å². The van der Waals surface area contributed by atoms with Gasteiger partial charge in [-0.05, 0) is 25.7 Å². The lowest BCUT2D eigenvalue weighted by Gasteiger charge is -2.43. The summed E-state index contributed by atoms with van der Waals surface area (Å²) in [4.78, 5) is 17.6. The van der Waals surface area contributed by atoms with Crippen molar-refractivity contribution in [3.63, 3.8) is 0 Å². The Kier molecular flexibility index (Phi) is 4.32. The number of carbonyl (C=O) groups excluding carboxylic acids is 1. The van der Waals surface area contributed by atoms with Crippen LogP contribution < -0.4 is 5.32 Å². The van der Waals surface area contributed by atoms with E-state index in [1.165, 1.54) is 12.8 Å². The van der Waals surface area contributed by atoms with Gasteiger partial charge in [0.15, 0.2) is 0 Å². The first kappa shape index (κ1) is 14.3. The first-order valence-electron chi connectivity index (χ1n) is 8.49. The number of amides is 1. The van der Waals surface area contributed by atoms with E-state index >= 15 is 0 Å². The van der Waals surface area contributed by atoms with Gasteiger partial charge in [0.25, 0.3) is 0 Å². The Morgan fingerprint density at radius 3 is 2.60 bits per heavy atom. The number of nitrogens with zero attached hydrogens (tertiary/aromatic N) is 2. The second-order valence-electron chi connectivity index (χ2n) is 6.86. The highest BCUT2D eigenvalue weighted by atomic mass is 16.2. The Balaban J connectivity index is 1.57. The molecule has 0 spiro atoms. The van der Waals surface area contributed by atoms with E-state index in [2.05, 4.69) is 22.0 Å². The lowest BCUT2D eigenvalue weighted by Crippen LogP contribution is -2.51. The SMILES string of the molecule is CCCC1(C(=O)N2CCC(N3CCNCC3)C2)CCC1. The van der Waals surface area contributed by atoms with Gasteiger partial charge >= 0.3 is 0 Å². The standard InChI is InChI=1S/C16H29N3O/c1-2-5-16(6-3-7-16)15(20)19-10-4-14(13-19)18-11-8-17-9-12-18/h14,17H,2-13H2,1H3. The summed E-state index contributed by atoms with van der Waals surface area (Å²) in [6.45, 7) is 8.66. The third kappa shape index (κ3) is 2.60. The monoisotopic (exact) mass is 279 g/mol. The third-order valence-electron chi connectivity index (χ3n) is 5.61. The topological polar surface area (TPSA) is 35.6 Å². The average molecular weight is 279 g/mol. The minimum atomic E-state index is 0.0348. The van der Waals surface area contributed by atoms with E-state index in [1.54, 1.807) is 0 Å². The van der Waals surface area contributed by atoms with Crippen LogP contribution in [0.25, 0.3) is 0 Å². The normalized spacial score (nSPS) is 30.2. The minimum absolute atomic E-state index is 0.0348. The lowest BCUT2D eigenvalue weighted by molar-refractivity contribution is -0.147. The first-order valence-corrected chi connectivity index (χ1v) is 8.49. The van der Waals surface area contributed by atoms with Gasteiger partial charge in [-0.1, -0.05) is 19.8 Å². The molecule has 1 N–H and O–H groups in total. The molecular weight excluding hydrogens is 250 g/mol. The summed E-state index contributed by atoms with van der Waals surface area (Å²) in [7, 11) is 0. The maximum Gasteiger partial charge on any atom is 0.228 e. The lowest BCUT2D eigenvalue weighted by atomic mass is 9.65. The fourth-order valence-electron chi connectivity index (χ4n) is 4.26. The summed E-state index contributed by atoms with van der Waals surface area (Å²) >= 11 is 0. The van der Waals surface area contributed by atoms with Crippen LogP contribution in [-0.4, -0.2) is 61.0 Å². The van der Waals surface area contributed by atoms with Crippen LogP contribution in [0.15, 0.2) is 0 Å². The van der Waals surface area contributed by atoms with E-state index in [9.17, 15) is 4.79 Å². The maximum absolute atomic E-state index is 12.9. The molecule has 1 amide bonds. The first-order chi connectivity index (χ1) is 9.75. The van der Waals surface area contributed by atoms with Crippen molar-refractivity contribution < 1.29 is 4.79 Å². The van der Waals surface area contributed by atoms with Crippen LogP contribution >= 0.6 is 0 Å². The largest absolute Gasteiger partial charge is 0.341 e. The molecule has 1 saturated carbocycles. The number of carbonyl (C=O) groups is 1. The van der Waals surface area contributed by atoms with Gasteiger partial charge in [-0.15, -0.1) is 0 Å². The molecule has 2 aliphatic heterocycles. The van der Waals surface area contributed by atoms with Gasteiger partial charge in [-0.2, -0.15) is 0 Å². The molecule has 0 radical (unpaired) electrons. The molecule has 4 heteroatoms. The van der Waals surface area contributed by atoms with Crippen LogP contribution in [0.3, 0.4) is 0 Å². The molecule has 2 heterocycles. The smallest absolute Gasteiger partial charge is 0.228 e. The molecule has 0 aromatic carbocycles. The van der Waals surface area contributed by atoms with Crippen molar-refractivity contribution in [3.05, 3.63) is 0 Å². The number of rotatable bonds is 4. The fourth-order valence-corrected chi connectivity index (χ4v) is 4.26. The fraction of sp³-hybridized carbons (Fsp3) is 0.938. The zero-order valence-electron chi connectivity index (χ0n) is 12.9. The predicted molar refractivity (Wildman–Crippen MR) is 80.6 cm³/mol. The Morgan fingerprint density at radius 1 is 1.25 bits per heavy atom. The summed E-state index contributed by atoms with van der Waals surface area (Å²) in [5.41, 5.74) is 0.0348. The van der Waals surface area contributed by atoms with Crippen molar-refractivity contribution in [1.29, 1.82) is 0 Å². The molecular formula is C16H29N3O. The number of likely N-dealkylation sites (tertiary alicyclic amines) is 1. The summed E-state index contributed by atoms with van der Waals surface area (Å²) in [5, 5.41) is 3.41. The molecule has 2 saturated heterocycles. The zero-order chi connectivity index (χ0) is 14.0. The predicted octanol–water partition coefficient (Wildman–Crippen LogP) is 1.46. The average Bonchev–Trinajstić information content (AvgIpc) is 2.93. The van der Waals surface area contributed by atoms with Crippen molar-refractivity contribution in [3.8, 4) is 0 Å². The molecule has 0 aromatic heterocycles. The minimum Gasteiger partial charge on any atom is -0.341 e. The maximum atomic E-state index is 12.9. The van der Waals surface area contributed by atoms with E-state index in [4.69, 9.17) is 0 Å². The van der Waals surface area contributed by atoms with Gasteiger partial charge in [-0.25, -0.2) is 0 Å². The van der Waals surface area contributed by atoms with E-state index in [0.29, 0.717) is 11.9 Å². The molecule has 1 atom stereocenters. The molecule has 114 valence electrons. The van der Waals surface area contributed by atoms with Gasteiger partial charge in [0.1, 0.15) is 0 Å². The number of hydrogen-bond acceptors (Lipinski definition) is 3. The molecule has 3 rings (SSSR count). The van der Waals surface area contributed by atoms with Crippen LogP contribution in [0.1, 0.15) is 45.4 Å². The number of hydrogen-bond donors (Lipinski definition) is 1. The second kappa shape index (κ2) is 6.02. The molecule has 1 unspecified atom stereocenters. The highest BCUT2D eigenvalue weighted by Gasteiger charge is 2.46. The van der Waals surface area contributed by atoms with Crippen molar-refractivity contribution >= 4 is 5.91 Å². The quantitative estimate of drug-likeness (QED) is 0.846. The highest BCUT2D eigenvalue weighted by Crippen LogP contribution is 2.46. The molecule has 3 aliphatic rings. The van der Waals surface area contributed by atoms with Gasteiger partial charge in [0.05, 0.1) is 0 Å².